The van der Waals surface area contributed by atoms with Gasteiger partial charge in [-0.3, -0.25) is 0 Å². The van der Waals surface area contributed by atoms with Crippen LogP contribution >= 0.6 is 38.9 Å². The molecule has 0 fully saturated rings. The average molecular weight is 347 g/mol. The first-order valence-electron chi connectivity index (χ1n) is 5.39. The first-order valence-corrected chi connectivity index (χ1v) is 7.37. The van der Waals surface area contributed by atoms with Crippen molar-refractivity contribution in [2.75, 3.05) is 0 Å². The minimum absolute atomic E-state index is 0.230. The van der Waals surface area contributed by atoms with Crippen LogP contribution in [-0.4, -0.2) is 10.1 Å². The minimum Gasteiger partial charge on any atom is -0.483 e. The standard InChI is InChI=1S/C12H9BrClNO2S/c13-6-1-2-9-7(3-6)8(16)4-10(17-9)12-15-5-11(14)18-12/h1-3,5,8,10,16H,4H2/t8-,10?/m1/s1. The molecule has 3 rings (SSSR count). The molecular formula is C12H9BrClNO2S. The van der Waals surface area contributed by atoms with Crippen molar-refractivity contribution in [2.45, 2.75) is 18.6 Å². The maximum atomic E-state index is 10.2. The van der Waals surface area contributed by atoms with Crippen LogP contribution < -0.4 is 4.74 Å². The molecule has 0 bridgehead atoms. The van der Waals surface area contributed by atoms with Crippen LogP contribution in [0.1, 0.15) is 29.2 Å². The highest BCUT2D eigenvalue weighted by atomic mass is 79.9. The Morgan fingerprint density at radius 3 is 3.06 bits per heavy atom. The van der Waals surface area contributed by atoms with Crippen molar-refractivity contribution < 1.29 is 9.84 Å². The summed E-state index contributed by atoms with van der Waals surface area (Å²) in [7, 11) is 0. The van der Waals surface area contributed by atoms with Crippen molar-refractivity contribution in [3.63, 3.8) is 0 Å². The zero-order chi connectivity index (χ0) is 12.7. The van der Waals surface area contributed by atoms with Crippen LogP contribution in [0.2, 0.25) is 4.34 Å². The largest absolute Gasteiger partial charge is 0.483 e. The Kier molecular flexibility index (Phi) is 3.32. The summed E-state index contributed by atoms with van der Waals surface area (Å²) < 4.78 is 7.42. The van der Waals surface area contributed by atoms with Gasteiger partial charge >= 0.3 is 0 Å². The first-order chi connectivity index (χ1) is 8.63. The number of thiazole rings is 1. The van der Waals surface area contributed by atoms with E-state index in [4.69, 9.17) is 16.3 Å². The second-order valence-electron chi connectivity index (χ2n) is 4.04. The van der Waals surface area contributed by atoms with Crippen molar-refractivity contribution in [3.05, 3.63) is 43.8 Å². The SMILES string of the molecule is O[C@@H]1CC(c2ncc(Cl)s2)Oc2ccc(Br)cc21. The zero-order valence-corrected chi connectivity index (χ0v) is 12.3. The molecule has 0 spiro atoms. The molecule has 1 aromatic carbocycles. The second-order valence-corrected chi connectivity index (χ2v) is 6.65. The molecule has 1 aromatic heterocycles. The average Bonchev–Trinajstić information content (AvgIpc) is 2.77. The molecule has 3 nitrogen and oxygen atoms in total. The van der Waals surface area contributed by atoms with Gasteiger partial charge in [-0.2, -0.15) is 0 Å². The van der Waals surface area contributed by atoms with Gasteiger partial charge in [-0.15, -0.1) is 11.3 Å². The van der Waals surface area contributed by atoms with Gasteiger partial charge in [0.05, 0.1) is 12.3 Å². The van der Waals surface area contributed by atoms with Crippen molar-refractivity contribution >= 4 is 38.9 Å². The fourth-order valence-corrected chi connectivity index (χ4v) is 3.34. The van der Waals surface area contributed by atoms with Crippen LogP contribution in [0.5, 0.6) is 5.75 Å². The van der Waals surface area contributed by atoms with Gasteiger partial charge in [-0.1, -0.05) is 27.5 Å². The van der Waals surface area contributed by atoms with Gasteiger partial charge in [0.25, 0.3) is 0 Å². The molecule has 0 saturated carbocycles. The molecule has 0 aliphatic carbocycles. The van der Waals surface area contributed by atoms with E-state index in [1.165, 1.54) is 11.3 Å². The van der Waals surface area contributed by atoms with E-state index in [1.807, 2.05) is 18.2 Å². The normalized spacial score (nSPS) is 22.4. The second kappa shape index (κ2) is 4.81. The molecule has 1 aliphatic heterocycles. The summed E-state index contributed by atoms with van der Waals surface area (Å²) in [5.41, 5.74) is 0.809. The number of aliphatic hydroxyl groups is 1. The third-order valence-corrected chi connectivity index (χ3v) is 4.51. The van der Waals surface area contributed by atoms with Crippen LogP contribution in [0.3, 0.4) is 0 Å². The number of hydrogen-bond donors (Lipinski definition) is 1. The predicted molar refractivity (Wildman–Crippen MR) is 74.2 cm³/mol. The van der Waals surface area contributed by atoms with E-state index in [1.54, 1.807) is 6.20 Å². The van der Waals surface area contributed by atoms with Crippen molar-refractivity contribution in [3.8, 4) is 5.75 Å². The van der Waals surface area contributed by atoms with Crippen LogP contribution in [-0.2, 0) is 0 Å². The maximum absolute atomic E-state index is 10.2. The number of ether oxygens (including phenoxy) is 1. The van der Waals surface area contributed by atoms with Crippen molar-refractivity contribution in [2.24, 2.45) is 0 Å². The lowest BCUT2D eigenvalue weighted by molar-refractivity contribution is 0.0655. The summed E-state index contributed by atoms with van der Waals surface area (Å²) in [6.07, 6.45) is 1.33. The first kappa shape index (κ1) is 12.4. The minimum atomic E-state index is -0.543. The lowest BCUT2D eigenvalue weighted by Crippen LogP contribution is -2.18. The number of halogens is 2. The van der Waals surface area contributed by atoms with Gasteiger partial charge in [0.15, 0.2) is 6.10 Å². The van der Waals surface area contributed by atoms with Crippen LogP contribution in [0.15, 0.2) is 28.9 Å². The van der Waals surface area contributed by atoms with Gasteiger partial charge in [-0.05, 0) is 18.2 Å². The number of aliphatic hydroxyl groups excluding tert-OH is 1. The highest BCUT2D eigenvalue weighted by Gasteiger charge is 2.29. The van der Waals surface area contributed by atoms with Gasteiger partial charge in [0, 0.05) is 16.5 Å². The summed E-state index contributed by atoms with van der Waals surface area (Å²) in [5.74, 6) is 0.702. The molecule has 0 amide bonds. The maximum Gasteiger partial charge on any atom is 0.153 e. The van der Waals surface area contributed by atoms with Crippen LogP contribution in [0.25, 0.3) is 0 Å². The van der Waals surface area contributed by atoms with Gasteiger partial charge in [0.1, 0.15) is 15.1 Å². The predicted octanol–water partition coefficient (Wildman–Crippen LogP) is 4.12. The summed E-state index contributed by atoms with van der Waals surface area (Å²) in [6.45, 7) is 0. The monoisotopic (exact) mass is 345 g/mol. The molecule has 2 atom stereocenters. The number of rotatable bonds is 1. The van der Waals surface area contributed by atoms with E-state index in [9.17, 15) is 5.11 Å². The smallest absolute Gasteiger partial charge is 0.153 e. The highest BCUT2D eigenvalue weighted by Crippen LogP contribution is 2.42. The molecule has 2 heterocycles. The van der Waals surface area contributed by atoms with Gasteiger partial charge in [-0.25, -0.2) is 4.98 Å². The van der Waals surface area contributed by atoms with E-state index in [-0.39, 0.29) is 6.10 Å². The third kappa shape index (κ3) is 2.28. The summed E-state index contributed by atoms with van der Waals surface area (Å²) in [6, 6.07) is 5.62. The van der Waals surface area contributed by atoms with Crippen molar-refractivity contribution in [1.29, 1.82) is 0 Å². The molecule has 94 valence electrons. The molecule has 0 radical (unpaired) electrons. The Morgan fingerprint density at radius 1 is 1.50 bits per heavy atom. The molecular weight excluding hydrogens is 338 g/mol. The molecule has 2 aromatic rings. The Balaban J connectivity index is 1.94. The number of benzene rings is 1. The molecule has 1 aliphatic rings. The molecule has 18 heavy (non-hydrogen) atoms. The molecule has 1 unspecified atom stereocenters. The van der Waals surface area contributed by atoms with Crippen LogP contribution in [0, 0.1) is 0 Å². The summed E-state index contributed by atoms with van der Waals surface area (Å²) >= 11 is 10.6. The molecule has 1 N–H and O–H groups in total. The van der Waals surface area contributed by atoms with Crippen LogP contribution in [0.4, 0.5) is 0 Å². The quantitative estimate of drug-likeness (QED) is 0.844. The van der Waals surface area contributed by atoms with Gasteiger partial charge < -0.3 is 9.84 Å². The Labute approximate surface area is 122 Å². The van der Waals surface area contributed by atoms with Gasteiger partial charge in [0.2, 0.25) is 0 Å². The number of nitrogens with zero attached hydrogens (tertiary/aromatic N) is 1. The molecule has 6 heteroatoms. The van der Waals surface area contributed by atoms with Crippen molar-refractivity contribution in [1.82, 2.24) is 4.98 Å². The third-order valence-electron chi connectivity index (χ3n) is 2.81. The Bertz CT molecular complexity index is 589. The number of hydrogen-bond acceptors (Lipinski definition) is 4. The topological polar surface area (TPSA) is 42.4 Å². The number of fused-ring (bicyclic) bond motifs is 1. The lowest BCUT2D eigenvalue weighted by Gasteiger charge is -2.28. The fourth-order valence-electron chi connectivity index (χ4n) is 1.99. The Hall–Kier alpha value is -0.620. The number of aromatic nitrogens is 1. The summed E-state index contributed by atoms with van der Waals surface area (Å²) in [5, 5.41) is 11.0. The van der Waals surface area contributed by atoms with E-state index < -0.39 is 6.10 Å². The van der Waals surface area contributed by atoms with E-state index in [2.05, 4.69) is 20.9 Å². The van der Waals surface area contributed by atoms with E-state index >= 15 is 0 Å². The fraction of sp³-hybridized carbons (Fsp3) is 0.250. The Morgan fingerprint density at radius 2 is 2.33 bits per heavy atom. The summed E-state index contributed by atoms with van der Waals surface area (Å²) in [4.78, 5) is 4.21. The molecule has 0 saturated heterocycles. The lowest BCUT2D eigenvalue weighted by atomic mass is 9.99. The highest BCUT2D eigenvalue weighted by molar-refractivity contribution is 9.10. The zero-order valence-electron chi connectivity index (χ0n) is 9.14. The van der Waals surface area contributed by atoms with E-state index in [0.717, 1.165) is 15.0 Å². The van der Waals surface area contributed by atoms with E-state index in [0.29, 0.717) is 16.5 Å².